The first kappa shape index (κ1) is 18.5. The van der Waals surface area contributed by atoms with Crippen LogP contribution in [0.15, 0.2) is 115 Å². The van der Waals surface area contributed by atoms with Crippen LogP contribution >= 0.6 is 0 Å². The summed E-state index contributed by atoms with van der Waals surface area (Å²) in [7, 11) is 0. The fourth-order valence-corrected chi connectivity index (χ4v) is 3.07. The Labute approximate surface area is 170 Å². The van der Waals surface area contributed by atoms with E-state index >= 15 is 0 Å². The number of rotatable bonds is 5. The van der Waals surface area contributed by atoms with E-state index in [-0.39, 0.29) is 0 Å². The van der Waals surface area contributed by atoms with Crippen molar-refractivity contribution in [2.24, 2.45) is 0 Å². The molecule has 140 valence electrons. The monoisotopic (exact) mass is 374 g/mol. The quantitative estimate of drug-likeness (QED) is 0.659. The average Bonchev–Trinajstić information content (AvgIpc) is 2.77. The van der Waals surface area contributed by atoms with Crippen molar-refractivity contribution in [3.05, 3.63) is 131 Å². The molecule has 2 aromatic carbocycles. The van der Waals surface area contributed by atoms with E-state index in [0.717, 1.165) is 16.8 Å². The molecule has 1 N–H and O–H groups in total. The molecule has 0 saturated heterocycles. The molecule has 0 spiro atoms. The Kier molecular flexibility index (Phi) is 5.94. The minimum absolute atomic E-state index is 0.957. The summed E-state index contributed by atoms with van der Waals surface area (Å²) in [6, 6.07) is 18.7. The highest BCUT2D eigenvalue weighted by molar-refractivity contribution is 5.83. The summed E-state index contributed by atoms with van der Waals surface area (Å²) >= 11 is 0. The van der Waals surface area contributed by atoms with Gasteiger partial charge in [-0.3, -0.25) is 4.98 Å². The van der Waals surface area contributed by atoms with Crippen molar-refractivity contribution >= 4 is 29.1 Å². The number of aromatic nitrogens is 1. The molecule has 4 rings (SSSR count). The van der Waals surface area contributed by atoms with Crippen LogP contribution in [0.25, 0.3) is 29.1 Å². The molecule has 3 aromatic rings. The zero-order valence-electron chi connectivity index (χ0n) is 16.1. The fraction of sp³-hybridized carbons (Fsp3) is 0. The number of hydrogen-bond donors (Lipinski definition) is 1. The first-order valence-electron chi connectivity index (χ1n) is 9.65. The third-order valence-electron chi connectivity index (χ3n) is 4.56. The van der Waals surface area contributed by atoms with E-state index in [0.29, 0.717) is 0 Å². The van der Waals surface area contributed by atoms with Crippen LogP contribution in [-0.4, -0.2) is 4.98 Å². The lowest BCUT2D eigenvalue weighted by Crippen LogP contribution is -2.31. The molecule has 2 nitrogen and oxygen atoms in total. The molecule has 0 aliphatic carbocycles. The maximum Gasteiger partial charge on any atom is 0.0636 e. The van der Waals surface area contributed by atoms with Gasteiger partial charge in [0.15, 0.2) is 0 Å². The number of benzene rings is 2. The summed E-state index contributed by atoms with van der Waals surface area (Å²) in [5, 5.41) is 8.11. The number of fused-ring (bicyclic) bond motifs is 2. The molecule has 0 unspecified atom stereocenters. The molecule has 1 aliphatic rings. The Bertz CT molecular complexity index is 1270. The fourth-order valence-electron chi connectivity index (χ4n) is 3.07. The molecule has 0 atom stereocenters. The predicted molar refractivity (Wildman–Crippen MR) is 124 cm³/mol. The van der Waals surface area contributed by atoms with E-state index in [1.807, 2.05) is 79.2 Å². The average molecular weight is 374 g/mol. The highest BCUT2D eigenvalue weighted by Crippen LogP contribution is 2.13. The summed E-state index contributed by atoms with van der Waals surface area (Å²) in [5.74, 6) is 0. The standard InChI is InChI=1S/C27H22N2/c1(2-4-6-16-26-18-22-12-8-10-14-24(22)20-28-26)3-5-7-17-27-19-23-13-9-11-15-25(23)21-29-27/h1-21,28H. The summed E-state index contributed by atoms with van der Waals surface area (Å²) < 4.78 is 0. The third kappa shape index (κ3) is 5.08. The van der Waals surface area contributed by atoms with E-state index in [4.69, 9.17) is 0 Å². The topological polar surface area (TPSA) is 24.9 Å². The number of allylic oxidation sites excluding steroid dienone is 9. The van der Waals surface area contributed by atoms with Gasteiger partial charge in [-0.25, -0.2) is 0 Å². The Balaban J connectivity index is 1.30. The number of nitrogens with one attached hydrogen (secondary N) is 1. The molecule has 0 radical (unpaired) electrons. The molecule has 0 amide bonds. The van der Waals surface area contributed by atoms with Crippen molar-refractivity contribution in [3.8, 4) is 0 Å². The summed E-state index contributed by atoms with van der Waals surface area (Å²) in [5.41, 5.74) is 2.04. The van der Waals surface area contributed by atoms with Crippen molar-refractivity contribution in [1.82, 2.24) is 10.3 Å². The molecular formula is C27H22N2. The van der Waals surface area contributed by atoms with Gasteiger partial charge in [0.2, 0.25) is 0 Å². The van der Waals surface area contributed by atoms with Gasteiger partial charge in [-0.05, 0) is 40.1 Å². The lowest BCUT2D eigenvalue weighted by molar-refractivity contribution is 1.17. The van der Waals surface area contributed by atoms with Crippen LogP contribution in [0.3, 0.4) is 0 Å². The molecule has 0 fully saturated rings. The Morgan fingerprint density at radius 1 is 0.690 bits per heavy atom. The van der Waals surface area contributed by atoms with E-state index in [2.05, 4.69) is 58.9 Å². The summed E-state index contributed by atoms with van der Waals surface area (Å²) in [6.45, 7) is 0. The normalized spacial score (nSPS) is 15.2. The number of nitrogens with zero attached hydrogens (tertiary/aromatic N) is 1. The molecule has 29 heavy (non-hydrogen) atoms. The predicted octanol–water partition coefficient (Wildman–Crippen LogP) is 4.62. The maximum absolute atomic E-state index is 4.46. The molecule has 2 heteroatoms. The van der Waals surface area contributed by atoms with Crippen molar-refractivity contribution in [2.75, 3.05) is 0 Å². The number of hydrogen-bond acceptors (Lipinski definition) is 2. The molecule has 2 heterocycles. The molecule has 0 saturated carbocycles. The van der Waals surface area contributed by atoms with Crippen LogP contribution in [0.2, 0.25) is 0 Å². The zero-order chi connectivity index (χ0) is 19.7. The maximum atomic E-state index is 4.46. The van der Waals surface area contributed by atoms with Gasteiger partial charge in [-0.15, -0.1) is 0 Å². The summed E-state index contributed by atoms with van der Waals surface area (Å²) in [6.07, 6.45) is 24.2. The van der Waals surface area contributed by atoms with Crippen molar-refractivity contribution in [2.45, 2.75) is 0 Å². The van der Waals surface area contributed by atoms with Gasteiger partial charge in [0.05, 0.1) is 5.69 Å². The number of pyridine rings is 1. The van der Waals surface area contributed by atoms with E-state index in [1.165, 1.54) is 15.8 Å². The minimum Gasteiger partial charge on any atom is -0.361 e. The van der Waals surface area contributed by atoms with Gasteiger partial charge in [0, 0.05) is 23.5 Å². The van der Waals surface area contributed by atoms with Crippen LogP contribution in [0.5, 0.6) is 0 Å². The minimum atomic E-state index is 0.957. The second-order valence-electron chi connectivity index (χ2n) is 6.65. The van der Waals surface area contributed by atoms with Crippen LogP contribution in [-0.2, 0) is 0 Å². The van der Waals surface area contributed by atoms with E-state index in [9.17, 15) is 0 Å². The van der Waals surface area contributed by atoms with Crippen molar-refractivity contribution < 1.29 is 0 Å². The molecule has 1 aliphatic heterocycles. The molecule has 0 bridgehead atoms. The van der Waals surface area contributed by atoms with Crippen molar-refractivity contribution in [1.29, 1.82) is 0 Å². The van der Waals surface area contributed by atoms with E-state index < -0.39 is 0 Å². The smallest absolute Gasteiger partial charge is 0.0636 e. The largest absolute Gasteiger partial charge is 0.361 e. The van der Waals surface area contributed by atoms with Crippen molar-refractivity contribution in [3.63, 3.8) is 0 Å². The van der Waals surface area contributed by atoms with Gasteiger partial charge in [0.25, 0.3) is 0 Å². The first-order valence-corrected chi connectivity index (χ1v) is 9.65. The summed E-state index contributed by atoms with van der Waals surface area (Å²) in [4.78, 5) is 4.46. The Morgan fingerprint density at radius 3 is 2.24 bits per heavy atom. The lowest BCUT2D eigenvalue weighted by atomic mass is 10.1. The first-order chi connectivity index (χ1) is 14.4. The van der Waals surface area contributed by atoms with Gasteiger partial charge in [-0.1, -0.05) is 91.1 Å². The SMILES string of the molecule is C(=CC=CC=C1C=c2ccccc2=CN1)C=CC=Cc1cc2ccccc2cn1. The van der Waals surface area contributed by atoms with Gasteiger partial charge in [-0.2, -0.15) is 0 Å². The zero-order valence-corrected chi connectivity index (χ0v) is 16.1. The Hall–Kier alpha value is -3.91. The van der Waals surface area contributed by atoms with Crippen LogP contribution in [0.4, 0.5) is 0 Å². The Morgan fingerprint density at radius 2 is 1.38 bits per heavy atom. The van der Waals surface area contributed by atoms with Gasteiger partial charge >= 0.3 is 0 Å². The lowest BCUT2D eigenvalue weighted by Gasteiger charge is -2.06. The van der Waals surface area contributed by atoms with Crippen LogP contribution in [0, 0.1) is 0 Å². The molecular weight excluding hydrogens is 352 g/mol. The van der Waals surface area contributed by atoms with Gasteiger partial charge < -0.3 is 5.32 Å². The van der Waals surface area contributed by atoms with Gasteiger partial charge in [0.1, 0.15) is 0 Å². The van der Waals surface area contributed by atoms with E-state index in [1.54, 1.807) is 0 Å². The molecule has 1 aromatic heterocycles. The highest BCUT2D eigenvalue weighted by Gasteiger charge is 1.95. The highest BCUT2D eigenvalue weighted by atomic mass is 14.8. The second kappa shape index (κ2) is 9.34. The van der Waals surface area contributed by atoms with Crippen LogP contribution < -0.4 is 15.8 Å². The second-order valence-corrected chi connectivity index (χ2v) is 6.65. The van der Waals surface area contributed by atoms with Crippen LogP contribution in [0.1, 0.15) is 5.69 Å². The third-order valence-corrected chi connectivity index (χ3v) is 4.56.